The van der Waals surface area contributed by atoms with Gasteiger partial charge in [0.1, 0.15) is 5.75 Å². The second-order valence-corrected chi connectivity index (χ2v) is 4.69. The highest BCUT2D eigenvalue weighted by molar-refractivity contribution is 5.32. The third kappa shape index (κ3) is 3.24. The van der Waals surface area contributed by atoms with Crippen LogP contribution in [0.25, 0.3) is 0 Å². The molecule has 0 radical (unpaired) electrons. The Kier molecular flexibility index (Phi) is 4.60. The predicted molar refractivity (Wildman–Crippen MR) is 71.6 cm³/mol. The summed E-state index contributed by atoms with van der Waals surface area (Å²) in [6, 6.07) is 10.3. The summed E-state index contributed by atoms with van der Waals surface area (Å²) in [5.74, 6) is 0.845. The maximum atomic E-state index is 9.30. The number of hydrogen-bond donors (Lipinski definition) is 0. The molecule has 0 bridgehead atoms. The number of hydrogen-bond acceptors (Lipinski definition) is 3. The zero-order valence-corrected chi connectivity index (χ0v) is 10.9. The second-order valence-electron chi connectivity index (χ2n) is 4.69. The normalized spacial score (nSPS) is 17.3. The van der Waals surface area contributed by atoms with Gasteiger partial charge in [0.25, 0.3) is 0 Å². The Balaban J connectivity index is 2.00. The Morgan fingerprint density at radius 3 is 2.50 bits per heavy atom. The van der Waals surface area contributed by atoms with Gasteiger partial charge >= 0.3 is 0 Å². The molecule has 0 amide bonds. The van der Waals surface area contributed by atoms with Crippen LogP contribution >= 0.6 is 0 Å². The average molecular weight is 244 g/mol. The van der Waals surface area contributed by atoms with Crippen molar-refractivity contribution in [2.75, 3.05) is 26.2 Å². The van der Waals surface area contributed by atoms with Gasteiger partial charge < -0.3 is 9.64 Å². The van der Waals surface area contributed by atoms with Crippen molar-refractivity contribution in [3.8, 4) is 11.8 Å². The molecule has 1 saturated heterocycles. The van der Waals surface area contributed by atoms with E-state index < -0.39 is 0 Å². The molecule has 0 N–H and O–H groups in total. The minimum Gasteiger partial charge on any atom is -0.494 e. The largest absolute Gasteiger partial charge is 0.494 e. The lowest BCUT2D eigenvalue weighted by Crippen LogP contribution is -2.24. The topological polar surface area (TPSA) is 36.3 Å². The highest BCUT2D eigenvalue weighted by Gasteiger charge is 2.18. The molecule has 3 heteroatoms. The Morgan fingerprint density at radius 1 is 1.28 bits per heavy atom. The molecule has 1 aromatic rings. The molecule has 1 aliphatic rings. The second kappa shape index (κ2) is 6.42. The number of rotatable bonds is 5. The number of ether oxygens (including phenoxy) is 1. The zero-order chi connectivity index (χ0) is 12.8. The van der Waals surface area contributed by atoms with E-state index >= 15 is 0 Å². The van der Waals surface area contributed by atoms with Gasteiger partial charge in [0.15, 0.2) is 0 Å². The van der Waals surface area contributed by atoms with Gasteiger partial charge in [-0.15, -0.1) is 0 Å². The summed E-state index contributed by atoms with van der Waals surface area (Å²) in [7, 11) is 0. The molecule has 96 valence electrons. The van der Waals surface area contributed by atoms with E-state index in [1.165, 1.54) is 12.8 Å². The molecule has 1 aromatic carbocycles. The summed E-state index contributed by atoms with van der Waals surface area (Å²) >= 11 is 0. The first-order valence-corrected chi connectivity index (χ1v) is 6.68. The molecule has 0 spiro atoms. The Bertz CT molecular complexity index is 401. The maximum Gasteiger partial charge on any atom is 0.119 e. The number of nitrogens with zero attached hydrogens (tertiary/aromatic N) is 2. The molecule has 1 aliphatic heterocycles. The average Bonchev–Trinajstić information content (AvgIpc) is 2.90. The molecule has 3 nitrogen and oxygen atoms in total. The van der Waals surface area contributed by atoms with Gasteiger partial charge in [-0.2, -0.15) is 5.26 Å². The maximum absolute atomic E-state index is 9.30. The monoisotopic (exact) mass is 244 g/mol. The van der Waals surface area contributed by atoms with Crippen LogP contribution in [-0.2, 0) is 0 Å². The van der Waals surface area contributed by atoms with E-state index in [1.54, 1.807) is 0 Å². The summed E-state index contributed by atoms with van der Waals surface area (Å²) in [6.45, 7) is 5.77. The Hall–Kier alpha value is -1.53. The van der Waals surface area contributed by atoms with E-state index in [0.29, 0.717) is 6.61 Å². The van der Waals surface area contributed by atoms with Crippen LogP contribution < -0.4 is 4.74 Å². The summed E-state index contributed by atoms with van der Waals surface area (Å²) in [5.41, 5.74) is 1.09. The zero-order valence-electron chi connectivity index (χ0n) is 10.9. The lowest BCUT2D eigenvalue weighted by atomic mass is 10.00. The molecule has 18 heavy (non-hydrogen) atoms. The fourth-order valence-electron chi connectivity index (χ4n) is 2.41. The van der Waals surface area contributed by atoms with Crippen LogP contribution in [-0.4, -0.2) is 31.1 Å². The van der Waals surface area contributed by atoms with E-state index in [4.69, 9.17) is 4.74 Å². The highest BCUT2D eigenvalue weighted by atomic mass is 16.5. The molecule has 1 unspecified atom stereocenters. The van der Waals surface area contributed by atoms with Crippen molar-refractivity contribution in [1.82, 2.24) is 4.90 Å². The molecule has 0 saturated carbocycles. The van der Waals surface area contributed by atoms with Gasteiger partial charge in [0.2, 0.25) is 0 Å². The Morgan fingerprint density at radius 2 is 1.94 bits per heavy atom. The molecule has 1 fully saturated rings. The van der Waals surface area contributed by atoms with E-state index in [-0.39, 0.29) is 5.92 Å². The van der Waals surface area contributed by atoms with Crippen LogP contribution in [0.3, 0.4) is 0 Å². The third-order valence-corrected chi connectivity index (χ3v) is 3.39. The molecular formula is C15H20N2O. The van der Waals surface area contributed by atoms with Crippen molar-refractivity contribution >= 4 is 0 Å². The van der Waals surface area contributed by atoms with Gasteiger partial charge in [0.05, 0.1) is 18.6 Å². The van der Waals surface area contributed by atoms with Crippen molar-refractivity contribution in [2.45, 2.75) is 25.7 Å². The summed E-state index contributed by atoms with van der Waals surface area (Å²) in [5, 5.41) is 9.30. The lowest BCUT2D eigenvalue weighted by Gasteiger charge is -2.18. The molecule has 2 rings (SSSR count). The first kappa shape index (κ1) is 12.9. The smallest absolute Gasteiger partial charge is 0.119 e. The lowest BCUT2D eigenvalue weighted by molar-refractivity contribution is 0.331. The Labute approximate surface area is 109 Å². The third-order valence-electron chi connectivity index (χ3n) is 3.39. The van der Waals surface area contributed by atoms with Crippen molar-refractivity contribution in [3.63, 3.8) is 0 Å². The number of nitriles is 1. The van der Waals surface area contributed by atoms with Crippen LogP contribution in [0.15, 0.2) is 24.3 Å². The first-order valence-electron chi connectivity index (χ1n) is 6.68. The summed E-state index contributed by atoms with van der Waals surface area (Å²) < 4.78 is 5.41. The number of likely N-dealkylation sites (tertiary alicyclic amines) is 1. The van der Waals surface area contributed by atoms with Gasteiger partial charge in [0, 0.05) is 6.54 Å². The van der Waals surface area contributed by atoms with E-state index in [9.17, 15) is 5.26 Å². The molecule has 1 heterocycles. The van der Waals surface area contributed by atoms with Crippen molar-refractivity contribution in [3.05, 3.63) is 29.8 Å². The molecule has 1 atom stereocenters. The van der Waals surface area contributed by atoms with Crippen LogP contribution in [0.1, 0.15) is 31.2 Å². The fourth-order valence-corrected chi connectivity index (χ4v) is 2.41. The van der Waals surface area contributed by atoms with Crippen LogP contribution in [0.2, 0.25) is 0 Å². The standard InChI is InChI=1S/C15H20N2O/c1-2-18-15-7-5-13(6-8-15)14(11-16)12-17-9-3-4-10-17/h5-8,14H,2-4,9-10,12H2,1H3. The molecular weight excluding hydrogens is 224 g/mol. The minimum atomic E-state index is -0.0289. The van der Waals surface area contributed by atoms with E-state index in [1.807, 2.05) is 31.2 Å². The van der Waals surface area contributed by atoms with E-state index in [0.717, 1.165) is 30.9 Å². The molecule has 0 aliphatic carbocycles. The predicted octanol–water partition coefficient (Wildman–Crippen LogP) is 2.79. The highest BCUT2D eigenvalue weighted by Crippen LogP contribution is 2.21. The van der Waals surface area contributed by atoms with Crippen LogP contribution in [0.5, 0.6) is 5.75 Å². The van der Waals surface area contributed by atoms with Crippen molar-refractivity contribution in [1.29, 1.82) is 5.26 Å². The van der Waals surface area contributed by atoms with Gasteiger partial charge in [-0.3, -0.25) is 0 Å². The minimum absolute atomic E-state index is 0.0289. The fraction of sp³-hybridized carbons (Fsp3) is 0.533. The summed E-state index contributed by atoms with van der Waals surface area (Å²) in [4.78, 5) is 2.38. The van der Waals surface area contributed by atoms with Gasteiger partial charge in [-0.25, -0.2) is 0 Å². The summed E-state index contributed by atoms with van der Waals surface area (Å²) in [6.07, 6.45) is 2.53. The van der Waals surface area contributed by atoms with Gasteiger partial charge in [-0.1, -0.05) is 12.1 Å². The quantitative estimate of drug-likeness (QED) is 0.799. The first-order chi connectivity index (χ1) is 8.83. The van der Waals surface area contributed by atoms with E-state index in [2.05, 4.69) is 11.0 Å². The number of benzene rings is 1. The van der Waals surface area contributed by atoms with Crippen LogP contribution in [0, 0.1) is 11.3 Å². The van der Waals surface area contributed by atoms with Crippen molar-refractivity contribution in [2.24, 2.45) is 0 Å². The van der Waals surface area contributed by atoms with Crippen LogP contribution in [0.4, 0.5) is 0 Å². The molecule has 0 aromatic heterocycles. The SMILES string of the molecule is CCOc1ccc(C(C#N)CN2CCCC2)cc1. The van der Waals surface area contributed by atoms with Crippen molar-refractivity contribution < 1.29 is 4.74 Å². The van der Waals surface area contributed by atoms with Gasteiger partial charge in [-0.05, 0) is 50.6 Å².